The highest BCUT2D eigenvalue weighted by atomic mass is 19.4. The van der Waals surface area contributed by atoms with Crippen LogP contribution in [-0.4, -0.2) is 59.4 Å². The lowest BCUT2D eigenvalue weighted by molar-refractivity contribution is -0.187. The van der Waals surface area contributed by atoms with E-state index in [9.17, 15) is 27.6 Å². The van der Waals surface area contributed by atoms with Gasteiger partial charge in [-0.3, -0.25) is 19.4 Å². The minimum Gasteiger partial charge on any atom is -0.494 e. The molecule has 0 spiro atoms. The predicted molar refractivity (Wildman–Crippen MR) is 161 cm³/mol. The van der Waals surface area contributed by atoms with Gasteiger partial charge in [0.1, 0.15) is 5.75 Å². The maximum absolute atomic E-state index is 13.8. The number of ketones is 1. The molecule has 0 aliphatic carbocycles. The largest absolute Gasteiger partial charge is 0.494 e. The number of hydrogen-bond donors (Lipinski definition) is 2. The highest BCUT2D eigenvalue weighted by Gasteiger charge is 2.43. The second-order valence-electron chi connectivity index (χ2n) is 10.3. The van der Waals surface area contributed by atoms with Crippen LogP contribution in [-0.2, 0) is 40.3 Å². The monoisotopic (exact) mass is 612 g/mol. The summed E-state index contributed by atoms with van der Waals surface area (Å²) in [6, 6.07) is 21.7. The number of nitrogens with zero attached hydrogens (tertiary/aromatic N) is 2. The minimum atomic E-state index is -5.13. The summed E-state index contributed by atoms with van der Waals surface area (Å²) in [6.07, 6.45) is -4.89. The second-order valence-corrected chi connectivity index (χ2v) is 10.3. The summed E-state index contributed by atoms with van der Waals surface area (Å²) in [5.41, 5.74) is 11.3. The number of amides is 2. The number of benzene rings is 3. The average Bonchev–Trinajstić information content (AvgIpc) is 3.01. The van der Waals surface area contributed by atoms with E-state index in [0.29, 0.717) is 22.8 Å². The summed E-state index contributed by atoms with van der Waals surface area (Å²) < 4.78 is 46.8. The first-order valence-electron chi connectivity index (χ1n) is 14.5. The van der Waals surface area contributed by atoms with Gasteiger partial charge in [0.05, 0.1) is 19.2 Å². The minimum absolute atomic E-state index is 0.0269. The maximum Gasteiger partial charge on any atom is 0.471 e. The first-order chi connectivity index (χ1) is 21.0. The van der Waals surface area contributed by atoms with E-state index in [1.54, 1.807) is 85.8 Å². The Hall–Kier alpha value is -4.22. The van der Waals surface area contributed by atoms with Crippen LogP contribution in [0.15, 0.2) is 78.9 Å². The van der Waals surface area contributed by atoms with Crippen molar-refractivity contribution in [1.29, 1.82) is 0 Å². The third-order valence-corrected chi connectivity index (χ3v) is 6.93. The van der Waals surface area contributed by atoms with Crippen LogP contribution in [0.25, 0.3) is 0 Å². The number of ether oxygens (including phenoxy) is 1. The van der Waals surface area contributed by atoms with Crippen molar-refractivity contribution in [3.05, 3.63) is 101 Å². The molecule has 0 aromatic heterocycles. The van der Waals surface area contributed by atoms with E-state index in [2.05, 4.69) is 5.43 Å². The van der Waals surface area contributed by atoms with Crippen molar-refractivity contribution >= 4 is 17.6 Å². The summed E-state index contributed by atoms with van der Waals surface area (Å²) in [5.74, 6) is -2.00. The molecule has 3 N–H and O–H groups in total. The lowest BCUT2D eigenvalue weighted by Crippen LogP contribution is -2.57. The van der Waals surface area contributed by atoms with Crippen molar-refractivity contribution < 1.29 is 32.3 Å². The van der Waals surface area contributed by atoms with Crippen LogP contribution in [0.2, 0.25) is 0 Å². The van der Waals surface area contributed by atoms with Crippen molar-refractivity contribution in [3.8, 4) is 5.75 Å². The molecule has 0 fully saturated rings. The quantitative estimate of drug-likeness (QED) is 0.229. The summed E-state index contributed by atoms with van der Waals surface area (Å²) in [7, 11) is 0. The zero-order valence-corrected chi connectivity index (χ0v) is 25.0. The number of carbonyl (C=O) groups excluding carboxylic acids is 3. The molecule has 44 heavy (non-hydrogen) atoms. The fraction of sp³-hybridized carbons (Fsp3) is 0.364. The third-order valence-electron chi connectivity index (χ3n) is 6.93. The predicted octanol–water partition coefficient (Wildman–Crippen LogP) is 4.60. The van der Waals surface area contributed by atoms with Gasteiger partial charge in [-0.05, 0) is 47.7 Å². The molecule has 236 valence electrons. The standard InChI is InChI=1S/C33H39F3N4O4/c1-3-31(42)40(38-21-29(41)19-25-14-16-30(17-15-25)44-4-2)28(18-24-8-6-5-7-9-24)23-39(32(43)33(34,35)36)22-27-12-10-26(20-37)11-13-27/h5-17,28,38H,3-4,18-23,37H2,1-2H3/t28-/m0/s1. The molecule has 0 bridgehead atoms. The molecule has 0 radical (unpaired) electrons. The van der Waals surface area contributed by atoms with Gasteiger partial charge in [0.15, 0.2) is 5.78 Å². The summed E-state index contributed by atoms with van der Waals surface area (Å²) in [6.45, 7) is 3.27. The summed E-state index contributed by atoms with van der Waals surface area (Å²) >= 11 is 0. The molecule has 3 aromatic carbocycles. The van der Waals surface area contributed by atoms with E-state index in [0.717, 1.165) is 16.7 Å². The van der Waals surface area contributed by atoms with Gasteiger partial charge in [-0.15, -0.1) is 0 Å². The van der Waals surface area contributed by atoms with Crippen LogP contribution < -0.4 is 15.9 Å². The summed E-state index contributed by atoms with van der Waals surface area (Å²) in [5, 5.41) is 1.21. The zero-order chi connectivity index (χ0) is 32.1. The Kier molecular flexibility index (Phi) is 12.9. The maximum atomic E-state index is 13.8. The number of carbonyl (C=O) groups is 3. The normalized spacial score (nSPS) is 12.0. The summed E-state index contributed by atoms with van der Waals surface area (Å²) in [4.78, 5) is 39.5. The van der Waals surface area contributed by atoms with Crippen molar-refractivity contribution in [3.63, 3.8) is 0 Å². The fourth-order valence-electron chi connectivity index (χ4n) is 4.70. The van der Waals surface area contributed by atoms with Crippen LogP contribution in [0.3, 0.4) is 0 Å². The first-order valence-corrected chi connectivity index (χ1v) is 14.5. The molecule has 0 saturated heterocycles. The van der Waals surface area contributed by atoms with Gasteiger partial charge < -0.3 is 15.4 Å². The highest BCUT2D eigenvalue weighted by molar-refractivity contribution is 5.84. The number of nitrogens with one attached hydrogen (secondary N) is 1. The van der Waals surface area contributed by atoms with E-state index in [4.69, 9.17) is 10.5 Å². The number of rotatable bonds is 16. The van der Waals surface area contributed by atoms with Crippen molar-refractivity contribution in [2.24, 2.45) is 5.73 Å². The van der Waals surface area contributed by atoms with E-state index in [1.165, 1.54) is 5.01 Å². The molecule has 8 nitrogen and oxygen atoms in total. The lowest BCUT2D eigenvalue weighted by Gasteiger charge is -2.36. The number of hydrazine groups is 1. The molecule has 0 aliphatic heterocycles. The molecule has 0 heterocycles. The SMILES string of the molecule is CCOc1ccc(CC(=O)CNN(C(=O)CC)[C@@H](Cc2ccccc2)CN(Cc2ccc(CN)cc2)C(=O)C(F)(F)F)cc1. The van der Waals surface area contributed by atoms with Gasteiger partial charge in [0.2, 0.25) is 5.91 Å². The Morgan fingerprint density at radius 1 is 0.864 bits per heavy atom. The smallest absolute Gasteiger partial charge is 0.471 e. The molecule has 1 atom stereocenters. The van der Waals surface area contributed by atoms with Crippen LogP contribution >= 0.6 is 0 Å². The van der Waals surface area contributed by atoms with Gasteiger partial charge in [-0.1, -0.05) is 73.7 Å². The molecule has 3 aromatic rings. The van der Waals surface area contributed by atoms with Gasteiger partial charge in [-0.25, -0.2) is 5.43 Å². The van der Waals surface area contributed by atoms with E-state index >= 15 is 0 Å². The van der Waals surface area contributed by atoms with E-state index < -0.39 is 30.6 Å². The van der Waals surface area contributed by atoms with Crippen molar-refractivity contribution in [2.45, 2.75) is 58.4 Å². The Labute approximate surface area is 255 Å². The van der Waals surface area contributed by atoms with E-state index in [-0.39, 0.29) is 44.7 Å². The molecule has 11 heteroatoms. The first kappa shape index (κ1) is 34.3. The average molecular weight is 613 g/mol. The van der Waals surface area contributed by atoms with Gasteiger partial charge in [0, 0.05) is 32.5 Å². The van der Waals surface area contributed by atoms with Crippen molar-refractivity contribution in [2.75, 3.05) is 19.7 Å². The number of Topliss-reactive ketones (excluding diaryl/α,β-unsaturated/α-hetero) is 1. The molecular formula is C33H39F3N4O4. The Morgan fingerprint density at radius 2 is 1.48 bits per heavy atom. The lowest BCUT2D eigenvalue weighted by atomic mass is 10.0. The highest BCUT2D eigenvalue weighted by Crippen LogP contribution is 2.22. The van der Waals surface area contributed by atoms with E-state index in [1.807, 2.05) is 6.92 Å². The Balaban J connectivity index is 1.87. The van der Waals surface area contributed by atoms with Crippen LogP contribution in [0.1, 0.15) is 42.5 Å². The van der Waals surface area contributed by atoms with Crippen LogP contribution in [0, 0.1) is 0 Å². The second kappa shape index (κ2) is 16.6. The fourth-order valence-corrected chi connectivity index (χ4v) is 4.70. The Morgan fingerprint density at radius 3 is 2.05 bits per heavy atom. The van der Waals surface area contributed by atoms with Crippen LogP contribution in [0.5, 0.6) is 5.75 Å². The van der Waals surface area contributed by atoms with Gasteiger partial charge in [0.25, 0.3) is 0 Å². The van der Waals surface area contributed by atoms with Crippen molar-refractivity contribution in [1.82, 2.24) is 15.3 Å². The molecule has 0 aliphatic rings. The molecular weight excluding hydrogens is 573 g/mol. The third kappa shape index (κ3) is 10.5. The number of hydrogen-bond acceptors (Lipinski definition) is 6. The molecule has 0 unspecified atom stereocenters. The molecule has 3 rings (SSSR count). The zero-order valence-electron chi connectivity index (χ0n) is 25.0. The number of nitrogens with two attached hydrogens (primary N) is 1. The van der Waals surface area contributed by atoms with Gasteiger partial charge in [-0.2, -0.15) is 13.2 Å². The topological polar surface area (TPSA) is 105 Å². The molecule has 2 amide bonds. The van der Waals surface area contributed by atoms with Crippen LogP contribution in [0.4, 0.5) is 13.2 Å². The Bertz CT molecular complexity index is 1350. The number of alkyl halides is 3. The number of halogens is 3. The molecule has 0 saturated carbocycles. The van der Waals surface area contributed by atoms with Gasteiger partial charge >= 0.3 is 12.1 Å².